The van der Waals surface area contributed by atoms with Gasteiger partial charge < -0.3 is 19.5 Å². The second-order valence-corrected chi connectivity index (χ2v) is 6.81. The van der Waals surface area contributed by atoms with E-state index in [1.165, 1.54) is 0 Å². The summed E-state index contributed by atoms with van der Waals surface area (Å²) in [6.07, 6.45) is 2.87. The van der Waals surface area contributed by atoms with Crippen molar-refractivity contribution < 1.29 is 14.6 Å². The fraction of sp³-hybridized carbons (Fsp3) is 0.333. The maximum Gasteiger partial charge on any atom is 0.162 e. The van der Waals surface area contributed by atoms with Gasteiger partial charge in [0.05, 0.1) is 25.3 Å². The zero-order valence-corrected chi connectivity index (χ0v) is 15.6. The molecule has 1 saturated heterocycles. The van der Waals surface area contributed by atoms with Crippen molar-refractivity contribution in [3.8, 4) is 11.5 Å². The molecule has 2 heterocycles. The summed E-state index contributed by atoms with van der Waals surface area (Å²) in [5, 5.41) is 12.0. The van der Waals surface area contributed by atoms with E-state index in [0.717, 1.165) is 22.3 Å². The van der Waals surface area contributed by atoms with Crippen LogP contribution in [0.15, 0.2) is 48.8 Å². The van der Waals surface area contributed by atoms with Crippen LogP contribution in [0.2, 0.25) is 0 Å². The molecule has 0 aliphatic carbocycles. The van der Waals surface area contributed by atoms with Crippen LogP contribution >= 0.6 is 0 Å². The van der Waals surface area contributed by atoms with Gasteiger partial charge in [0.2, 0.25) is 0 Å². The van der Waals surface area contributed by atoms with Gasteiger partial charge in [-0.25, -0.2) is 9.97 Å². The number of anilines is 1. The van der Waals surface area contributed by atoms with E-state index in [9.17, 15) is 5.11 Å². The van der Waals surface area contributed by atoms with Gasteiger partial charge in [-0.15, -0.1) is 0 Å². The van der Waals surface area contributed by atoms with Gasteiger partial charge in [0.1, 0.15) is 12.1 Å². The summed E-state index contributed by atoms with van der Waals surface area (Å²) in [4.78, 5) is 11.1. The van der Waals surface area contributed by atoms with Crippen molar-refractivity contribution in [1.82, 2.24) is 9.97 Å². The Kier molecular flexibility index (Phi) is 4.58. The highest BCUT2D eigenvalue weighted by Gasteiger charge is 2.34. The van der Waals surface area contributed by atoms with Gasteiger partial charge in [0, 0.05) is 24.5 Å². The van der Waals surface area contributed by atoms with Gasteiger partial charge in [0.15, 0.2) is 11.5 Å². The smallest absolute Gasteiger partial charge is 0.162 e. The van der Waals surface area contributed by atoms with Crippen LogP contribution in [0.3, 0.4) is 0 Å². The molecule has 0 saturated carbocycles. The number of nitrogens with zero attached hydrogens (tertiary/aromatic N) is 3. The van der Waals surface area contributed by atoms with Gasteiger partial charge in [-0.1, -0.05) is 30.3 Å². The molecule has 1 aliphatic heterocycles. The van der Waals surface area contributed by atoms with Crippen LogP contribution in [0.25, 0.3) is 10.9 Å². The first-order valence-corrected chi connectivity index (χ1v) is 9.04. The summed E-state index contributed by atoms with van der Waals surface area (Å²) in [7, 11) is 3.23. The average molecular weight is 365 g/mol. The number of methoxy groups -OCH3 is 2. The van der Waals surface area contributed by atoms with E-state index in [4.69, 9.17) is 9.47 Å². The molecule has 6 nitrogen and oxygen atoms in total. The van der Waals surface area contributed by atoms with Crippen molar-refractivity contribution in [2.45, 2.75) is 18.4 Å². The lowest BCUT2D eigenvalue weighted by atomic mass is 9.84. The Morgan fingerprint density at radius 1 is 0.963 bits per heavy atom. The molecule has 0 unspecified atom stereocenters. The minimum Gasteiger partial charge on any atom is -0.493 e. The first kappa shape index (κ1) is 17.5. The van der Waals surface area contributed by atoms with Crippen molar-refractivity contribution in [2.75, 3.05) is 32.2 Å². The molecular weight excluding hydrogens is 342 g/mol. The maximum atomic E-state index is 11.1. The quantitative estimate of drug-likeness (QED) is 0.766. The lowest BCUT2D eigenvalue weighted by molar-refractivity contribution is 0.0117. The fourth-order valence-corrected chi connectivity index (χ4v) is 3.75. The molecule has 0 spiro atoms. The summed E-state index contributed by atoms with van der Waals surface area (Å²) < 4.78 is 10.8. The Bertz CT molecular complexity index is 938. The Balaban J connectivity index is 1.64. The predicted molar refractivity (Wildman–Crippen MR) is 104 cm³/mol. The third-order valence-electron chi connectivity index (χ3n) is 5.32. The molecule has 3 aromatic rings. The van der Waals surface area contributed by atoms with Crippen molar-refractivity contribution in [3.63, 3.8) is 0 Å². The van der Waals surface area contributed by atoms with E-state index >= 15 is 0 Å². The summed E-state index contributed by atoms with van der Waals surface area (Å²) in [5.41, 5.74) is 0.992. The number of rotatable bonds is 4. The van der Waals surface area contributed by atoms with Gasteiger partial charge in [-0.05, 0) is 24.5 Å². The van der Waals surface area contributed by atoms with Crippen LogP contribution in [0, 0.1) is 0 Å². The molecule has 1 aromatic heterocycles. The van der Waals surface area contributed by atoms with E-state index in [1.807, 2.05) is 42.5 Å². The average Bonchev–Trinajstić information content (AvgIpc) is 2.73. The molecule has 1 aliphatic rings. The molecule has 6 heteroatoms. The molecule has 1 N–H and O–H groups in total. The van der Waals surface area contributed by atoms with E-state index in [2.05, 4.69) is 14.9 Å². The number of aromatic nitrogens is 2. The number of aliphatic hydroxyl groups is 1. The van der Waals surface area contributed by atoms with Gasteiger partial charge >= 0.3 is 0 Å². The molecule has 1 fully saturated rings. The third kappa shape index (κ3) is 3.17. The van der Waals surface area contributed by atoms with Crippen molar-refractivity contribution in [1.29, 1.82) is 0 Å². The van der Waals surface area contributed by atoms with Crippen LogP contribution in [0.4, 0.5) is 5.82 Å². The summed E-state index contributed by atoms with van der Waals surface area (Å²) in [5.74, 6) is 2.15. The Hall–Kier alpha value is -2.86. The summed E-state index contributed by atoms with van der Waals surface area (Å²) in [6.45, 7) is 1.43. The van der Waals surface area contributed by atoms with E-state index in [1.54, 1.807) is 20.5 Å². The number of ether oxygens (including phenoxy) is 2. The van der Waals surface area contributed by atoms with E-state index in [-0.39, 0.29) is 0 Å². The largest absolute Gasteiger partial charge is 0.493 e. The van der Waals surface area contributed by atoms with E-state index < -0.39 is 5.60 Å². The Labute approximate surface area is 158 Å². The lowest BCUT2D eigenvalue weighted by Gasteiger charge is -2.39. The minimum absolute atomic E-state index is 0.645. The van der Waals surface area contributed by atoms with Gasteiger partial charge in [-0.3, -0.25) is 0 Å². The van der Waals surface area contributed by atoms with E-state index in [0.29, 0.717) is 37.4 Å². The molecule has 140 valence electrons. The maximum absolute atomic E-state index is 11.1. The molecule has 0 amide bonds. The van der Waals surface area contributed by atoms with Gasteiger partial charge in [0.25, 0.3) is 0 Å². The third-order valence-corrected chi connectivity index (χ3v) is 5.32. The molecule has 27 heavy (non-hydrogen) atoms. The fourth-order valence-electron chi connectivity index (χ4n) is 3.75. The molecule has 4 rings (SSSR count). The number of piperidine rings is 1. The normalized spacial score (nSPS) is 16.3. The lowest BCUT2D eigenvalue weighted by Crippen LogP contribution is -2.43. The SMILES string of the molecule is COc1cc2ncnc(N3CCC(O)(c4ccccc4)CC3)c2cc1OC. The van der Waals surface area contributed by atoms with Crippen LogP contribution in [0.1, 0.15) is 18.4 Å². The number of hydrogen-bond acceptors (Lipinski definition) is 6. The first-order valence-electron chi connectivity index (χ1n) is 9.04. The second kappa shape index (κ2) is 7.04. The van der Waals surface area contributed by atoms with Crippen LogP contribution in [0.5, 0.6) is 11.5 Å². The number of fused-ring (bicyclic) bond motifs is 1. The second-order valence-electron chi connectivity index (χ2n) is 6.81. The summed E-state index contributed by atoms with van der Waals surface area (Å²) >= 11 is 0. The highest BCUT2D eigenvalue weighted by atomic mass is 16.5. The number of benzene rings is 2. The molecule has 0 atom stereocenters. The molecule has 0 bridgehead atoms. The highest BCUT2D eigenvalue weighted by molar-refractivity contribution is 5.92. The minimum atomic E-state index is -0.790. The number of hydrogen-bond donors (Lipinski definition) is 1. The van der Waals surface area contributed by atoms with Gasteiger partial charge in [-0.2, -0.15) is 0 Å². The van der Waals surface area contributed by atoms with Crippen molar-refractivity contribution >= 4 is 16.7 Å². The topological polar surface area (TPSA) is 67.7 Å². The predicted octanol–water partition coefficient (Wildman–Crippen LogP) is 3.14. The van der Waals surface area contributed by atoms with Crippen LogP contribution < -0.4 is 14.4 Å². The standard InChI is InChI=1S/C21H23N3O3/c1-26-18-12-16-17(13-19(18)27-2)22-14-23-20(16)24-10-8-21(25,9-11-24)15-6-4-3-5-7-15/h3-7,12-14,25H,8-11H2,1-2H3. The van der Waals surface area contributed by atoms with Crippen molar-refractivity contribution in [3.05, 3.63) is 54.4 Å². The van der Waals surface area contributed by atoms with Crippen molar-refractivity contribution in [2.24, 2.45) is 0 Å². The molecular formula is C21H23N3O3. The highest BCUT2D eigenvalue weighted by Crippen LogP contribution is 2.38. The van der Waals surface area contributed by atoms with Crippen LogP contribution in [-0.2, 0) is 5.60 Å². The zero-order chi connectivity index (χ0) is 18.9. The Morgan fingerprint density at radius 3 is 2.30 bits per heavy atom. The van der Waals surface area contributed by atoms with Crippen LogP contribution in [-0.4, -0.2) is 42.4 Å². The molecule has 2 aromatic carbocycles. The first-order chi connectivity index (χ1) is 13.1. The summed E-state index contributed by atoms with van der Waals surface area (Å²) in [6, 6.07) is 13.7. The Morgan fingerprint density at radius 2 is 1.63 bits per heavy atom. The molecule has 0 radical (unpaired) electrons. The zero-order valence-electron chi connectivity index (χ0n) is 15.6. The monoisotopic (exact) mass is 365 g/mol.